The second-order valence-corrected chi connectivity index (χ2v) is 6.60. The van der Waals surface area contributed by atoms with Gasteiger partial charge in [0.25, 0.3) is 5.91 Å². The van der Waals surface area contributed by atoms with E-state index in [2.05, 4.69) is 42.2 Å². The Labute approximate surface area is 120 Å². The second kappa shape index (κ2) is 5.29. The van der Waals surface area contributed by atoms with Crippen LogP contribution in [0.2, 0.25) is 0 Å². The van der Waals surface area contributed by atoms with Gasteiger partial charge in [0, 0.05) is 0 Å². The summed E-state index contributed by atoms with van der Waals surface area (Å²) in [5.74, 6) is -0.121. The predicted octanol–water partition coefficient (Wildman–Crippen LogP) is 4.23. The zero-order valence-corrected chi connectivity index (χ0v) is 12.8. The molecule has 0 aliphatic rings. The first-order valence-electron chi connectivity index (χ1n) is 4.75. The van der Waals surface area contributed by atoms with Gasteiger partial charge in [0.05, 0.1) is 20.5 Å². The average molecular weight is 376 g/mol. The van der Waals surface area contributed by atoms with Crippen molar-refractivity contribution in [2.45, 2.75) is 6.92 Å². The van der Waals surface area contributed by atoms with Crippen LogP contribution in [-0.4, -0.2) is 10.9 Å². The molecule has 0 spiro atoms. The fourth-order valence-corrected chi connectivity index (χ4v) is 2.75. The Morgan fingerprint density at radius 1 is 1.41 bits per heavy atom. The number of hydrogen-bond acceptors (Lipinski definition) is 3. The van der Waals surface area contributed by atoms with Crippen molar-refractivity contribution in [3.05, 3.63) is 43.2 Å². The Morgan fingerprint density at radius 2 is 2.18 bits per heavy atom. The van der Waals surface area contributed by atoms with E-state index in [0.29, 0.717) is 10.6 Å². The van der Waals surface area contributed by atoms with Gasteiger partial charge in [-0.3, -0.25) is 4.79 Å². The predicted molar refractivity (Wildman–Crippen MR) is 76.6 cm³/mol. The van der Waals surface area contributed by atoms with Crippen LogP contribution in [0.1, 0.15) is 15.2 Å². The number of amides is 1. The number of nitrogens with one attached hydrogen (secondary N) is 1. The van der Waals surface area contributed by atoms with E-state index in [0.717, 1.165) is 14.0 Å². The molecular formula is C11H8Br2N2OS. The number of hydrogen-bond donors (Lipinski definition) is 1. The normalized spacial score (nSPS) is 10.3. The van der Waals surface area contributed by atoms with Gasteiger partial charge in [0.15, 0.2) is 0 Å². The lowest BCUT2D eigenvalue weighted by Crippen LogP contribution is -2.10. The van der Waals surface area contributed by atoms with Gasteiger partial charge in [0.2, 0.25) is 0 Å². The van der Waals surface area contributed by atoms with Crippen molar-refractivity contribution in [2.75, 3.05) is 5.32 Å². The third-order valence-corrected chi connectivity index (χ3v) is 4.52. The van der Waals surface area contributed by atoms with Crippen molar-refractivity contribution in [1.29, 1.82) is 0 Å². The Hall–Kier alpha value is -0.720. The lowest BCUT2D eigenvalue weighted by Gasteiger charge is -2.04. The van der Waals surface area contributed by atoms with Gasteiger partial charge < -0.3 is 5.32 Å². The van der Waals surface area contributed by atoms with E-state index < -0.39 is 0 Å². The van der Waals surface area contributed by atoms with Crippen molar-refractivity contribution in [3.63, 3.8) is 0 Å². The van der Waals surface area contributed by atoms with Crippen molar-refractivity contribution >= 4 is 54.8 Å². The van der Waals surface area contributed by atoms with Crippen LogP contribution in [0.4, 0.5) is 5.69 Å². The Bertz CT molecular complexity index is 568. The molecule has 3 nitrogen and oxygen atoms in total. The van der Waals surface area contributed by atoms with Crippen molar-refractivity contribution in [3.8, 4) is 0 Å². The van der Waals surface area contributed by atoms with Crippen molar-refractivity contribution < 1.29 is 4.79 Å². The summed E-state index contributed by atoms with van der Waals surface area (Å²) in [6, 6.07) is 5.51. The highest BCUT2D eigenvalue weighted by molar-refractivity contribution is 9.11. The molecule has 2 rings (SSSR count). The van der Waals surface area contributed by atoms with Gasteiger partial charge in [-0.2, -0.15) is 0 Å². The van der Waals surface area contributed by atoms with Crippen LogP contribution in [0.3, 0.4) is 0 Å². The van der Waals surface area contributed by atoms with Crippen LogP contribution >= 0.6 is 43.2 Å². The molecule has 2 aromatic heterocycles. The fourth-order valence-electron chi connectivity index (χ4n) is 1.26. The summed E-state index contributed by atoms with van der Waals surface area (Å²) in [6.45, 7) is 1.93. The third-order valence-electron chi connectivity index (χ3n) is 2.07. The minimum absolute atomic E-state index is 0.121. The topological polar surface area (TPSA) is 42.0 Å². The summed E-state index contributed by atoms with van der Waals surface area (Å²) in [7, 11) is 0. The number of anilines is 1. The number of carbonyl (C=O) groups is 1. The molecule has 0 atom stereocenters. The standard InChI is InChI=1S/C11H8Br2N2OS/c1-6-4-7(5-14-10(6)13)15-11(16)8-2-3-9(12)17-8/h2-5H,1H3,(H,15,16). The molecule has 0 aliphatic carbocycles. The second-order valence-electron chi connectivity index (χ2n) is 3.39. The number of aromatic nitrogens is 1. The van der Waals surface area contributed by atoms with Crippen LogP contribution in [0.15, 0.2) is 32.8 Å². The number of halogens is 2. The van der Waals surface area contributed by atoms with E-state index >= 15 is 0 Å². The first-order valence-corrected chi connectivity index (χ1v) is 7.15. The Kier molecular flexibility index (Phi) is 3.96. The van der Waals surface area contributed by atoms with Crippen LogP contribution in [0.5, 0.6) is 0 Å². The van der Waals surface area contributed by atoms with Gasteiger partial charge in [-0.25, -0.2) is 4.98 Å². The third kappa shape index (κ3) is 3.14. The SMILES string of the molecule is Cc1cc(NC(=O)c2ccc(Br)s2)cnc1Br. The van der Waals surface area contributed by atoms with Crippen LogP contribution < -0.4 is 5.32 Å². The molecule has 0 aliphatic heterocycles. The molecule has 0 fully saturated rings. The molecule has 0 saturated carbocycles. The number of thiophene rings is 1. The molecule has 0 bridgehead atoms. The lowest BCUT2D eigenvalue weighted by molar-refractivity contribution is 0.103. The highest BCUT2D eigenvalue weighted by Crippen LogP contribution is 2.23. The maximum atomic E-state index is 11.9. The maximum absolute atomic E-state index is 11.9. The van der Waals surface area contributed by atoms with Gasteiger partial charge >= 0.3 is 0 Å². The largest absolute Gasteiger partial charge is 0.320 e. The van der Waals surface area contributed by atoms with E-state index in [1.807, 2.05) is 19.1 Å². The maximum Gasteiger partial charge on any atom is 0.265 e. The number of pyridine rings is 1. The highest BCUT2D eigenvalue weighted by atomic mass is 79.9. The number of carbonyl (C=O) groups excluding carboxylic acids is 1. The zero-order valence-electron chi connectivity index (χ0n) is 8.83. The van der Waals surface area contributed by atoms with Crippen molar-refractivity contribution in [1.82, 2.24) is 4.98 Å². The zero-order chi connectivity index (χ0) is 12.4. The molecule has 1 N–H and O–H groups in total. The summed E-state index contributed by atoms with van der Waals surface area (Å²) >= 11 is 8.04. The molecular weight excluding hydrogens is 368 g/mol. The molecule has 2 aromatic rings. The fraction of sp³-hybridized carbons (Fsp3) is 0.0909. The van der Waals surface area contributed by atoms with Gasteiger partial charge in [-0.05, 0) is 62.5 Å². The van der Waals surface area contributed by atoms with E-state index in [1.165, 1.54) is 11.3 Å². The summed E-state index contributed by atoms with van der Waals surface area (Å²) in [4.78, 5) is 16.7. The van der Waals surface area contributed by atoms with E-state index in [-0.39, 0.29) is 5.91 Å². The van der Waals surface area contributed by atoms with Gasteiger partial charge in [-0.1, -0.05) is 0 Å². The summed E-state index contributed by atoms with van der Waals surface area (Å²) in [5, 5.41) is 2.81. The monoisotopic (exact) mass is 374 g/mol. The molecule has 2 heterocycles. The van der Waals surface area contributed by atoms with Crippen LogP contribution in [0.25, 0.3) is 0 Å². The summed E-state index contributed by atoms with van der Waals surface area (Å²) in [6.07, 6.45) is 1.62. The van der Waals surface area contributed by atoms with Crippen LogP contribution in [0, 0.1) is 6.92 Å². The molecule has 0 aromatic carbocycles. The molecule has 0 unspecified atom stereocenters. The highest BCUT2D eigenvalue weighted by Gasteiger charge is 2.09. The van der Waals surface area contributed by atoms with Gasteiger partial charge in [-0.15, -0.1) is 11.3 Å². The average Bonchev–Trinajstić information content (AvgIpc) is 2.70. The first kappa shape index (κ1) is 12.7. The molecule has 0 saturated heterocycles. The first-order chi connectivity index (χ1) is 8.06. The quantitative estimate of drug-likeness (QED) is 0.798. The Balaban J connectivity index is 2.15. The van der Waals surface area contributed by atoms with Crippen LogP contribution in [-0.2, 0) is 0 Å². The molecule has 88 valence electrons. The summed E-state index contributed by atoms with van der Waals surface area (Å²) < 4.78 is 1.72. The van der Waals surface area contributed by atoms with E-state index in [4.69, 9.17) is 0 Å². The summed E-state index contributed by atoms with van der Waals surface area (Å²) in [5.41, 5.74) is 1.68. The number of nitrogens with zero attached hydrogens (tertiary/aromatic N) is 1. The van der Waals surface area contributed by atoms with Crippen molar-refractivity contribution in [2.24, 2.45) is 0 Å². The van der Waals surface area contributed by atoms with E-state index in [1.54, 1.807) is 12.3 Å². The van der Waals surface area contributed by atoms with Gasteiger partial charge in [0.1, 0.15) is 4.60 Å². The lowest BCUT2D eigenvalue weighted by atomic mass is 10.3. The molecule has 0 radical (unpaired) electrons. The minimum Gasteiger partial charge on any atom is -0.320 e. The molecule has 1 amide bonds. The smallest absolute Gasteiger partial charge is 0.265 e. The molecule has 17 heavy (non-hydrogen) atoms. The molecule has 6 heteroatoms. The minimum atomic E-state index is -0.121. The Morgan fingerprint density at radius 3 is 2.76 bits per heavy atom. The van der Waals surface area contributed by atoms with E-state index in [9.17, 15) is 4.79 Å². The number of rotatable bonds is 2. The number of aryl methyl sites for hydroxylation is 1.